The fourth-order valence-corrected chi connectivity index (χ4v) is 2.74. The van der Waals surface area contributed by atoms with Gasteiger partial charge >= 0.3 is 0 Å². The van der Waals surface area contributed by atoms with Gasteiger partial charge in [-0.2, -0.15) is 0 Å². The number of benzene rings is 2. The second-order valence-corrected chi connectivity index (χ2v) is 7.47. The maximum atomic E-state index is 12.2. The van der Waals surface area contributed by atoms with E-state index in [-0.39, 0.29) is 18.4 Å². The molecule has 1 aromatic heterocycles. The van der Waals surface area contributed by atoms with E-state index in [4.69, 9.17) is 9.15 Å². The van der Waals surface area contributed by atoms with Crippen molar-refractivity contribution in [2.75, 3.05) is 23.8 Å². The molecule has 0 unspecified atom stereocenters. The largest absolute Gasteiger partial charge is 0.493 e. The third-order valence-electron chi connectivity index (χ3n) is 4.30. The van der Waals surface area contributed by atoms with E-state index in [0.29, 0.717) is 36.1 Å². The van der Waals surface area contributed by atoms with E-state index in [1.165, 1.54) is 0 Å². The number of carbonyl (C=O) groups excluding carboxylic acids is 2. The maximum absolute atomic E-state index is 12.2. The van der Waals surface area contributed by atoms with Crippen LogP contribution in [0.4, 0.5) is 11.4 Å². The van der Waals surface area contributed by atoms with Crippen LogP contribution in [0.2, 0.25) is 0 Å². The number of nitrogens with one attached hydrogen (secondary N) is 3. The number of ether oxygens (including phenoxy) is 1. The summed E-state index contributed by atoms with van der Waals surface area (Å²) in [6, 6.07) is 17.8. The molecule has 0 spiro atoms. The van der Waals surface area contributed by atoms with Crippen LogP contribution in [0.15, 0.2) is 71.3 Å². The fourth-order valence-electron chi connectivity index (χ4n) is 2.74. The molecule has 3 aromatic rings. The van der Waals surface area contributed by atoms with Crippen LogP contribution in [-0.4, -0.2) is 25.0 Å². The Hall–Kier alpha value is -3.74. The van der Waals surface area contributed by atoms with Crippen LogP contribution in [-0.2, 0) is 11.3 Å². The summed E-state index contributed by atoms with van der Waals surface area (Å²) in [6.45, 7) is 5.21. The smallest absolute Gasteiger partial charge is 0.251 e. The summed E-state index contributed by atoms with van der Waals surface area (Å²) < 4.78 is 10.9. The predicted octanol–water partition coefficient (Wildman–Crippen LogP) is 4.30. The average Bonchev–Trinajstić information content (AvgIpc) is 3.29. The number of furan rings is 1. The molecule has 162 valence electrons. The van der Waals surface area contributed by atoms with Crippen molar-refractivity contribution in [2.45, 2.75) is 20.4 Å². The van der Waals surface area contributed by atoms with Gasteiger partial charge in [0.15, 0.2) is 0 Å². The number of carbonyl (C=O) groups is 2. The molecule has 0 fully saturated rings. The second-order valence-electron chi connectivity index (χ2n) is 7.47. The highest BCUT2D eigenvalue weighted by atomic mass is 16.5. The van der Waals surface area contributed by atoms with E-state index in [1.807, 2.05) is 18.2 Å². The third kappa shape index (κ3) is 7.22. The van der Waals surface area contributed by atoms with Crippen molar-refractivity contribution < 1.29 is 18.7 Å². The van der Waals surface area contributed by atoms with E-state index in [9.17, 15) is 9.59 Å². The monoisotopic (exact) mass is 421 g/mol. The minimum absolute atomic E-state index is 0.0983. The molecule has 0 saturated carbocycles. The van der Waals surface area contributed by atoms with Gasteiger partial charge in [-0.15, -0.1) is 0 Å². The molecule has 0 atom stereocenters. The van der Waals surface area contributed by atoms with Crippen LogP contribution in [0.3, 0.4) is 0 Å². The molecule has 7 heteroatoms. The zero-order valence-corrected chi connectivity index (χ0v) is 17.7. The van der Waals surface area contributed by atoms with Crippen LogP contribution < -0.4 is 20.7 Å². The lowest BCUT2D eigenvalue weighted by Crippen LogP contribution is -2.23. The maximum Gasteiger partial charge on any atom is 0.251 e. The lowest BCUT2D eigenvalue weighted by molar-refractivity contribution is -0.114. The molecule has 7 nitrogen and oxygen atoms in total. The Morgan fingerprint density at radius 1 is 1.00 bits per heavy atom. The Bertz CT molecular complexity index is 982. The molecule has 2 aromatic carbocycles. The van der Waals surface area contributed by atoms with Gasteiger partial charge < -0.3 is 25.1 Å². The van der Waals surface area contributed by atoms with Gasteiger partial charge in [0.1, 0.15) is 11.5 Å². The van der Waals surface area contributed by atoms with Gasteiger partial charge in [0.25, 0.3) is 5.91 Å². The Labute approximate surface area is 181 Å². The molecule has 0 aliphatic heterocycles. The van der Waals surface area contributed by atoms with E-state index in [1.54, 1.807) is 48.7 Å². The van der Waals surface area contributed by atoms with E-state index in [2.05, 4.69) is 29.8 Å². The molecule has 0 saturated heterocycles. The quantitative estimate of drug-likeness (QED) is 0.454. The van der Waals surface area contributed by atoms with Crippen LogP contribution >= 0.6 is 0 Å². The first-order chi connectivity index (χ1) is 15.0. The van der Waals surface area contributed by atoms with Crippen molar-refractivity contribution in [1.29, 1.82) is 0 Å². The highest BCUT2D eigenvalue weighted by Gasteiger charge is 2.08. The Morgan fingerprint density at radius 2 is 1.81 bits per heavy atom. The van der Waals surface area contributed by atoms with E-state index < -0.39 is 0 Å². The van der Waals surface area contributed by atoms with Crippen LogP contribution in [0.1, 0.15) is 30.0 Å². The van der Waals surface area contributed by atoms with Crippen LogP contribution in [0, 0.1) is 5.92 Å². The van der Waals surface area contributed by atoms with Crippen molar-refractivity contribution in [2.24, 2.45) is 5.92 Å². The molecule has 0 bridgehead atoms. The van der Waals surface area contributed by atoms with Crippen LogP contribution in [0.5, 0.6) is 5.75 Å². The molecule has 3 rings (SSSR count). The Kier molecular flexibility index (Phi) is 7.70. The molecular formula is C24H27N3O4. The molecule has 0 aliphatic carbocycles. The van der Waals surface area contributed by atoms with Crippen molar-refractivity contribution in [3.05, 3.63) is 78.3 Å². The average molecular weight is 421 g/mol. The summed E-state index contributed by atoms with van der Waals surface area (Å²) >= 11 is 0. The van der Waals surface area contributed by atoms with Gasteiger partial charge in [0.05, 0.1) is 26.0 Å². The van der Waals surface area contributed by atoms with Crippen LogP contribution in [0.25, 0.3) is 0 Å². The van der Waals surface area contributed by atoms with Crippen molar-refractivity contribution in [1.82, 2.24) is 5.32 Å². The van der Waals surface area contributed by atoms with Crippen molar-refractivity contribution in [3.8, 4) is 5.75 Å². The number of hydrogen-bond acceptors (Lipinski definition) is 5. The first-order valence-corrected chi connectivity index (χ1v) is 10.2. The molecule has 31 heavy (non-hydrogen) atoms. The second kappa shape index (κ2) is 10.9. The summed E-state index contributed by atoms with van der Waals surface area (Å²) in [5.74, 6) is 1.47. The Balaban J connectivity index is 1.45. The number of hydrogen-bond donors (Lipinski definition) is 3. The van der Waals surface area contributed by atoms with Gasteiger partial charge in [-0.1, -0.05) is 19.9 Å². The third-order valence-corrected chi connectivity index (χ3v) is 4.30. The summed E-state index contributed by atoms with van der Waals surface area (Å²) in [7, 11) is 0. The summed E-state index contributed by atoms with van der Waals surface area (Å²) in [4.78, 5) is 24.4. The highest BCUT2D eigenvalue weighted by Crippen LogP contribution is 2.18. The highest BCUT2D eigenvalue weighted by molar-refractivity contribution is 5.95. The zero-order valence-electron chi connectivity index (χ0n) is 17.7. The van der Waals surface area contributed by atoms with E-state index in [0.717, 1.165) is 11.4 Å². The lowest BCUT2D eigenvalue weighted by Gasteiger charge is -2.11. The standard InChI is InChI=1S/C24H27N3O4/c1-17(2)16-31-21-6-3-5-20(13-21)27-23(28)15-25-19-10-8-18(9-11-19)24(29)26-14-22-7-4-12-30-22/h3-13,17,25H,14-16H2,1-2H3,(H,26,29)(H,27,28). The Morgan fingerprint density at radius 3 is 2.52 bits per heavy atom. The van der Waals surface area contributed by atoms with Gasteiger partial charge in [-0.25, -0.2) is 0 Å². The van der Waals surface area contributed by atoms with Gasteiger partial charge in [0, 0.05) is 23.0 Å². The fraction of sp³-hybridized carbons (Fsp3) is 0.250. The first-order valence-electron chi connectivity index (χ1n) is 10.2. The normalized spacial score (nSPS) is 10.5. The minimum Gasteiger partial charge on any atom is -0.493 e. The van der Waals surface area contributed by atoms with Gasteiger partial charge in [-0.05, 0) is 54.4 Å². The lowest BCUT2D eigenvalue weighted by atomic mass is 10.2. The van der Waals surface area contributed by atoms with E-state index >= 15 is 0 Å². The number of rotatable bonds is 10. The van der Waals surface area contributed by atoms with Crippen molar-refractivity contribution in [3.63, 3.8) is 0 Å². The summed E-state index contributed by atoms with van der Waals surface area (Å²) in [5, 5.41) is 8.69. The predicted molar refractivity (Wildman–Crippen MR) is 120 cm³/mol. The SMILES string of the molecule is CC(C)COc1cccc(NC(=O)CNc2ccc(C(=O)NCc3ccco3)cc2)c1. The topological polar surface area (TPSA) is 92.6 Å². The zero-order chi connectivity index (χ0) is 22.1. The molecule has 2 amide bonds. The van der Waals surface area contributed by atoms with Gasteiger partial charge in [-0.3, -0.25) is 9.59 Å². The summed E-state index contributed by atoms with van der Waals surface area (Å²) in [5.41, 5.74) is 1.95. The van der Waals surface area contributed by atoms with Crippen molar-refractivity contribution >= 4 is 23.2 Å². The van der Waals surface area contributed by atoms with Gasteiger partial charge in [0.2, 0.25) is 5.91 Å². The first kappa shape index (κ1) is 22.0. The molecule has 0 aliphatic rings. The number of anilines is 2. The molecule has 3 N–H and O–H groups in total. The molecule has 1 heterocycles. The molecule has 0 radical (unpaired) electrons. The minimum atomic E-state index is -0.194. The summed E-state index contributed by atoms with van der Waals surface area (Å²) in [6.07, 6.45) is 1.56. The number of amides is 2. The molecular weight excluding hydrogens is 394 g/mol.